The van der Waals surface area contributed by atoms with Crippen LogP contribution in [-0.4, -0.2) is 60.2 Å². The third kappa shape index (κ3) is 4.73. The average molecular weight is 282 g/mol. The minimum Gasteiger partial charge on any atom is -0.467 e. The van der Waals surface area contributed by atoms with E-state index in [0.29, 0.717) is 0 Å². The molecule has 0 fully saturated rings. The highest BCUT2D eigenvalue weighted by molar-refractivity contribution is 5.32. The smallest absolute Gasteiger partial charge is 0.406 e. The molecule has 19 heavy (non-hydrogen) atoms. The second kappa shape index (κ2) is 6.36. The van der Waals surface area contributed by atoms with Crippen molar-refractivity contribution >= 4 is 5.95 Å². The van der Waals surface area contributed by atoms with Gasteiger partial charge in [0.25, 0.3) is 0 Å². The van der Waals surface area contributed by atoms with Gasteiger partial charge in [-0.2, -0.15) is 23.1 Å². The molecule has 0 unspecified atom stereocenters. The summed E-state index contributed by atoms with van der Waals surface area (Å²) in [5.74, 6) is -0.282. The molecule has 0 saturated carbocycles. The minimum absolute atomic E-state index is 0.174. The summed E-state index contributed by atoms with van der Waals surface area (Å²) in [4.78, 5) is 11.8. The van der Waals surface area contributed by atoms with Gasteiger partial charge in [-0.1, -0.05) is 0 Å². The Morgan fingerprint density at radius 2 is 1.63 bits per heavy atom. The number of aliphatic hydroxyl groups is 1. The third-order valence-corrected chi connectivity index (χ3v) is 1.97. The zero-order chi connectivity index (χ0) is 14.5. The van der Waals surface area contributed by atoms with Gasteiger partial charge in [-0.3, -0.25) is 0 Å². The first-order valence-electron chi connectivity index (χ1n) is 5.16. The summed E-state index contributed by atoms with van der Waals surface area (Å²) in [6.45, 7) is -2.06. The van der Waals surface area contributed by atoms with Gasteiger partial charge in [0, 0.05) is 6.54 Å². The number of ether oxygens (including phenoxy) is 2. The van der Waals surface area contributed by atoms with Crippen LogP contribution in [0.2, 0.25) is 0 Å². The number of nitrogens with zero attached hydrogens (tertiary/aromatic N) is 4. The van der Waals surface area contributed by atoms with E-state index in [1.165, 1.54) is 14.2 Å². The Balaban J connectivity index is 3.06. The Hall–Kier alpha value is -1.84. The standard InChI is InChI=1S/C9H13F3N4O3/c1-18-7-13-6(14-8(15-7)19-2)16(3-4-17)5-9(10,11)12/h17H,3-5H2,1-2H3. The van der Waals surface area contributed by atoms with Gasteiger partial charge in [-0.05, 0) is 0 Å². The van der Waals surface area contributed by atoms with Crippen LogP contribution in [0, 0.1) is 0 Å². The van der Waals surface area contributed by atoms with Crippen LogP contribution in [0.4, 0.5) is 19.1 Å². The number of anilines is 1. The third-order valence-electron chi connectivity index (χ3n) is 1.97. The van der Waals surface area contributed by atoms with Crippen LogP contribution in [0.5, 0.6) is 12.0 Å². The van der Waals surface area contributed by atoms with E-state index >= 15 is 0 Å². The highest BCUT2D eigenvalue weighted by atomic mass is 19.4. The summed E-state index contributed by atoms with van der Waals surface area (Å²) >= 11 is 0. The van der Waals surface area contributed by atoms with Crippen LogP contribution in [0.3, 0.4) is 0 Å². The Morgan fingerprint density at radius 3 is 2.00 bits per heavy atom. The zero-order valence-electron chi connectivity index (χ0n) is 10.3. The summed E-state index contributed by atoms with van der Waals surface area (Å²) in [7, 11) is 2.53. The molecule has 1 aromatic rings. The van der Waals surface area contributed by atoms with Gasteiger partial charge < -0.3 is 19.5 Å². The maximum Gasteiger partial charge on any atom is 0.406 e. The number of rotatable bonds is 6. The van der Waals surface area contributed by atoms with Crippen LogP contribution in [-0.2, 0) is 0 Å². The first-order chi connectivity index (χ1) is 8.89. The van der Waals surface area contributed by atoms with Crippen molar-refractivity contribution in [2.24, 2.45) is 0 Å². The maximum absolute atomic E-state index is 12.4. The first-order valence-corrected chi connectivity index (χ1v) is 5.16. The lowest BCUT2D eigenvalue weighted by Crippen LogP contribution is -2.37. The SMILES string of the molecule is COc1nc(OC)nc(N(CCO)CC(F)(F)F)n1. The summed E-state index contributed by atoms with van der Waals surface area (Å²) in [6, 6.07) is -0.348. The van der Waals surface area contributed by atoms with Crippen molar-refractivity contribution in [3.8, 4) is 12.0 Å². The number of aliphatic hydroxyl groups excluding tert-OH is 1. The van der Waals surface area contributed by atoms with Crippen molar-refractivity contribution in [1.29, 1.82) is 0 Å². The maximum atomic E-state index is 12.4. The van der Waals surface area contributed by atoms with E-state index in [4.69, 9.17) is 14.6 Å². The van der Waals surface area contributed by atoms with Crippen molar-refractivity contribution in [3.05, 3.63) is 0 Å². The molecule has 0 atom stereocenters. The van der Waals surface area contributed by atoms with E-state index in [9.17, 15) is 13.2 Å². The molecule has 7 nitrogen and oxygen atoms in total. The predicted octanol–water partition coefficient (Wildman–Crippen LogP) is 0.250. The minimum atomic E-state index is -4.46. The fraction of sp³-hybridized carbons (Fsp3) is 0.667. The van der Waals surface area contributed by atoms with Crippen molar-refractivity contribution in [3.63, 3.8) is 0 Å². The van der Waals surface area contributed by atoms with Crippen molar-refractivity contribution in [1.82, 2.24) is 15.0 Å². The molecule has 1 N–H and O–H groups in total. The van der Waals surface area contributed by atoms with Gasteiger partial charge in [0.2, 0.25) is 5.95 Å². The second-order valence-electron chi connectivity index (χ2n) is 3.37. The number of methoxy groups -OCH3 is 2. The van der Waals surface area contributed by atoms with Gasteiger partial charge >= 0.3 is 18.2 Å². The fourth-order valence-corrected chi connectivity index (χ4v) is 1.24. The molecule has 1 rings (SSSR count). The van der Waals surface area contributed by atoms with Crippen LogP contribution in [0.25, 0.3) is 0 Å². The summed E-state index contributed by atoms with van der Waals surface area (Å²) in [5, 5.41) is 8.81. The summed E-state index contributed by atoms with van der Waals surface area (Å²) in [5.41, 5.74) is 0. The monoisotopic (exact) mass is 282 g/mol. The summed E-state index contributed by atoms with van der Waals surface area (Å²) < 4.78 is 46.8. The van der Waals surface area contributed by atoms with Gasteiger partial charge in [-0.25, -0.2) is 0 Å². The highest BCUT2D eigenvalue weighted by Crippen LogP contribution is 2.21. The Labute approximate surface area is 107 Å². The molecule has 0 bridgehead atoms. The van der Waals surface area contributed by atoms with Crippen molar-refractivity contribution < 1.29 is 27.8 Å². The second-order valence-corrected chi connectivity index (χ2v) is 3.37. The molecule has 0 saturated heterocycles. The Bertz CT molecular complexity index is 394. The average Bonchev–Trinajstić information content (AvgIpc) is 2.36. The number of halogens is 3. The molecular formula is C9H13F3N4O3. The quantitative estimate of drug-likeness (QED) is 0.801. The Kier molecular flexibility index (Phi) is 5.10. The van der Waals surface area contributed by atoms with Crippen molar-refractivity contribution in [2.45, 2.75) is 6.18 Å². The summed E-state index contributed by atoms with van der Waals surface area (Å²) in [6.07, 6.45) is -4.46. The number of hydrogen-bond acceptors (Lipinski definition) is 7. The van der Waals surface area contributed by atoms with Crippen LogP contribution >= 0.6 is 0 Å². The molecule has 0 spiro atoms. The van der Waals surface area contributed by atoms with E-state index < -0.39 is 19.3 Å². The number of aromatic nitrogens is 3. The molecule has 1 aromatic heterocycles. The van der Waals surface area contributed by atoms with Crippen LogP contribution in [0.1, 0.15) is 0 Å². The molecule has 108 valence electrons. The highest BCUT2D eigenvalue weighted by Gasteiger charge is 2.32. The van der Waals surface area contributed by atoms with E-state index in [0.717, 1.165) is 4.90 Å². The molecule has 0 radical (unpaired) electrons. The fourth-order valence-electron chi connectivity index (χ4n) is 1.24. The van der Waals surface area contributed by atoms with Crippen molar-refractivity contribution in [2.75, 3.05) is 38.8 Å². The molecule has 0 amide bonds. The van der Waals surface area contributed by atoms with Gasteiger partial charge in [-0.15, -0.1) is 4.98 Å². The van der Waals surface area contributed by atoms with Gasteiger partial charge in [0.05, 0.1) is 20.8 Å². The number of alkyl halides is 3. The normalized spacial score (nSPS) is 11.3. The van der Waals surface area contributed by atoms with Crippen LogP contribution in [0.15, 0.2) is 0 Å². The first kappa shape index (κ1) is 15.2. The molecule has 0 aliphatic rings. The lowest BCUT2D eigenvalue weighted by Gasteiger charge is -2.23. The van der Waals surface area contributed by atoms with E-state index in [-0.39, 0.29) is 24.5 Å². The van der Waals surface area contributed by atoms with Gasteiger partial charge in [0.1, 0.15) is 6.54 Å². The van der Waals surface area contributed by atoms with Gasteiger partial charge in [0.15, 0.2) is 0 Å². The molecular weight excluding hydrogens is 269 g/mol. The zero-order valence-corrected chi connectivity index (χ0v) is 10.3. The van der Waals surface area contributed by atoms with Crippen LogP contribution < -0.4 is 14.4 Å². The molecule has 1 heterocycles. The van der Waals surface area contributed by atoms with E-state index in [1.54, 1.807) is 0 Å². The largest absolute Gasteiger partial charge is 0.467 e. The Morgan fingerprint density at radius 1 is 1.11 bits per heavy atom. The predicted molar refractivity (Wildman–Crippen MR) is 58.3 cm³/mol. The molecule has 0 aliphatic carbocycles. The molecule has 0 aromatic carbocycles. The lowest BCUT2D eigenvalue weighted by atomic mass is 10.5. The molecule has 0 aliphatic heterocycles. The molecule has 10 heteroatoms. The topological polar surface area (TPSA) is 80.6 Å². The number of hydrogen-bond donors (Lipinski definition) is 1. The van der Waals surface area contributed by atoms with E-state index in [2.05, 4.69) is 15.0 Å². The van der Waals surface area contributed by atoms with E-state index in [1.807, 2.05) is 0 Å². The lowest BCUT2D eigenvalue weighted by molar-refractivity contribution is -0.120.